The van der Waals surface area contributed by atoms with Crippen LogP contribution in [-0.4, -0.2) is 246 Å². The molecule has 0 aromatic rings. The largest absolute Gasteiger partial charge is 0.446 e. The number of unbranched alkanes of at least 4 members (excludes halogenated alkanes) is 4. The number of primary amides is 4. The molecule has 4 unspecified atom stereocenters. The normalized spacial score (nSPS) is 13.4. The Hall–Kier alpha value is -10.7. The summed E-state index contributed by atoms with van der Waals surface area (Å²) in [4.78, 5) is 247. The summed E-state index contributed by atoms with van der Waals surface area (Å²) in [6.07, 6.45) is -0.220. The monoisotopic (exact) mass is 1620 g/mol. The predicted octanol–water partition coefficient (Wildman–Crippen LogP) is -0.147. The zero-order chi connectivity index (χ0) is 86.1. The fourth-order valence-corrected chi connectivity index (χ4v) is 9.05. The van der Waals surface area contributed by atoms with Crippen LogP contribution in [0.25, 0.3) is 0 Å². The number of nitrogens with zero attached hydrogens (tertiary/aromatic N) is 5. The van der Waals surface area contributed by atoms with E-state index >= 15 is 0 Å². The number of halogens is 3. The van der Waals surface area contributed by atoms with Crippen LogP contribution in [0.5, 0.6) is 0 Å². The number of nitrogens with one attached hydrogen (secondary N) is 6. The van der Waals surface area contributed by atoms with Gasteiger partial charge < -0.3 is 94.4 Å². The molecule has 2 heterocycles. The lowest BCUT2D eigenvalue weighted by atomic mass is 10.0. The van der Waals surface area contributed by atoms with Crippen molar-refractivity contribution in [3.63, 3.8) is 0 Å². The van der Waals surface area contributed by atoms with E-state index in [0.717, 1.165) is 17.7 Å². The Morgan fingerprint density at radius 3 is 0.850 bits per heavy atom. The fraction of sp³-hybridized carbons (Fsp3) is 0.714. The number of hydrogen-bond donors (Lipinski definition) is 11. The summed E-state index contributed by atoms with van der Waals surface area (Å²) in [5.74, 6) is -11.0. The van der Waals surface area contributed by atoms with Gasteiger partial charge >= 0.3 is 30.3 Å². The van der Waals surface area contributed by atoms with E-state index in [9.17, 15) is 104 Å². The zero-order valence-electron chi connectivity index (χ0n) is 65.6. The van der Waals surface area contributed by atoms with Crippen LogP contribution in [0.2, 0.25) is 0 Å². The molecule has 4 atom stereocenters. The molecule has 0 aromatic heterocycles. The van der Waals surface area contributed by atoms with Crippen molar-refractivity contribution in [3.8, 4) is 0 Å². The highest BCUT2D eigenvalue weighted by molar-refractivity contribution is 6.03. The molecule has 0 bridgehead atoms. The summed E-state index contributed by atoms with van der Waals surface area (Å²) in [6.45, 7) is 15.6. The van der Waals surface area contributed by atoms with Crippen molar-refractivity contribution in [3.05, 3.63) is 0 Å². The van der Waals surface area contributed by atoms with Crippen LogP contribution in [0.3, 0.4) is 0 Å². The zero-order valence-corrected chi connectivity index (χ0v) is 65.6. The number of carbonyl (C=O) groups is 20. The van der Waals surface area contributed by atoms with Crippen LogP contribution in [0, 0.1) is 23.7 Å². The summed E-state index contributed by atoms with van der Waals surface area (Å²) in [7, 11) is 0. The van der Waals surface area contributed by atoms with E-state index in [2.05, 4.69) is 31.9 Å². The van der Waals surface area contributed by atoms with Gasteiger partial charge in [-0.25, -0.2) is 19.2 Å². The van der Waals surface area contributed by atoms with Gasteiger partial charge in [0.2, 0.25) is 71.3 Å². The molecule has 43 heteroatoms. The third-order valence-electron chi connectivity index (χ3n) is 15.4. The summed E-state index contributed by atoms with van der Waals surface area (Å²) >= 11 is 0. The van der Waals surface area contributed by atoms with Gasteiger partial charge in [-0.1, -0.05) is 60.8 Å². The third-order valence-corrected chi connectivity index (χ3v) is 15.4. The van der Waals surface area contributed by atoms with E-state index < -0.39 is 108 Å². The number of nitrogens with two attached hydrogens (primary N) is 5. The van der Waals surface area contributed by atoms with Crippen molar-refractivity contribution in [2.75, 3.05) is 85.1 Å². The molecular weight excluding hydrogens is 1510 g/mol. The van der Waals surface area contributed by atoms with Crippen LogP contribution in [-0.2, 0) is 105 Å². The topological polar surface area (TPSA) is 597 Å². The van der Waals surface area contributed by atoms with E-state index in [4.69, 9.17) is 52.6 Å². The van der Waals surface area contributed by atoms with Crippen LogP contribution < -0.4 is 60.6 Å². The second-order valence-corrected chi connectivity index (χ2v) is 28.0. The highest BCUT2D eigenvalue weighted by Crippen LogP contribution is 2.17. The first-order valence-electron chi connectivity index (χ1n) is 36.4. The SMILES string of the molecule is C.CC(C)(C)OC(=O)NCCC(=O)N(CC(=O)ON1C(=O)CCC1=O)CC(=O)ON1C(=O)CCC1=O.CC(CCCCNC(=O)CN(CC(=O)NCCCCC(C)C(N)=O)C(=O)CCN)C(N)=O.CC(CCCCNC(=O)CN(CC(=O)NCCCCC(C)C(N)=O)C(=O)CCNC(=O)OC(C)(C)C)C(N)=O.O=CC(F)(F)F. The summed E-state index contributed by atoms with van der Waals surface area (Å²) < 4.78 is 41.4. The Bertz CT molecular complexity index is 3010. The van der Waals surface area contributed by atoms with Gasteiger partial charge in [0, 0.05) is 114 Å². The number of aldehydes is 1. The molecule has 0 aromatic carbocycles. The standard InChI is InChI=1S/C26H48N6O7.C21H40N6O5.C20H26N4O11.C2HF3O.CH4/c1-18(23(27)36)10-6-8-13-29-20(33)16-32(22(35)12-15-31-25(38)39-26(3,4)5)17-21(34)30-14-9-7-11-19(2)24(28)37;1-15(20(23)31)7-3-5-11-25-17(28)13-27(19(30)9-10-22)14-18(29)26-12-6-4-8-16(2)21(24)32;1-20(2,3)33-19(32)21-9-8-12(25)22(10-17(30)34-23-13(26)4-5-14(23)27)11-18(31)35-24-15(28)6-7-16(24)29;3-2(4,5)1-6;/h18-19H,6-17H2,1-5H3,(H2,27,36)(H2,28,37)(H,29,33)(H,30,34)(H,31,38);15-16H,3-14,22H2,1-2H3,(H2,23,31)(H2,24,32)(H,25,28)(H,26,29);4-11H2,1-3H3,(H,21,32);1H;1H4. The molecule has 2 saturated heterocycles. The van der Waals surface area contributed by atoms with Crippen LogP contribution in [0.15, 0.2) is 0 Å². The molecule has 644 valence electrons. The van der Waals surface area contributed by atoms with E-state index in [0.29, 0.717) is 95.3 Å². The summed E-state index contributed by atoms with van der Waals surface area (Å²) in [6, 6.07) is 0. The Morgan fingerprint density at radius 1 is 0.407 bits per heavy atom. The van der Waals surface area contributed by atoms with Crippen LogP contribution in [0.4, 0.5) is 22.8 Å². The minimum absolute atomic E-state index is 0. The Kier molecular flexibility index (Phi) is 53.3. The number of imide groups is 2. The van der Waals surface area contributed by atoms with Gasteiger partial charge in [0.1, 0.15) is 50.5 Å². The molecular formula is C70H119F3N16O24. The van der Waals surface area contributed by atoms with Gasteiger partial charge in [0.15, 0.2) is 0 Å². The second-order valence-electron chi connectivity index (χ2n) is 28.0. The van der Waals surface area contributed by atoms with Crippen molar-refractivity contribution >= 4 is 119 Å². The van der Waals surface area contributed by atoms with Gasteiger partial charge in [0.25, 0.3) is 23.6 Å². The fourth-order valence-electron chi connectivity index (χ4n) is 9.05. The lowest BCUT2D eigenvalue weighted by Gasteiger charge is -2.23. The molecule has 2 aliphatic rings. The molecule has 40 nitrogen and oxygen atoms in total. The van der Waals surface area contributed by atoms with Crippen molar-refractivity contribution in [1.82, 2.24) is 56.7 Å². The van der Waals surface area contributed by atoms with Crippen LogP contribution in [0.1, 0.15) is 199 Å². The van der Waals surface area contributed by atoms with Crippen molar-refractivity contribution in [2.45, 2.75) is 216 Å². The molecule has 2 rings (SSSR count). The smallest absolute Gasteiger partial charge is 0.444 e. The number of alkyl halides is 3. The number of carbonyl (C=O) groups excluding carboxylic acids is 20. The third kappa shape index (κ3) is 54.6. The molecule has 0 spiro atoms. The second kappa shape index (κ2) is 56.5. The Labute approximate surface area is 655 Å². The van der Waals surface area contributed by atoms with E-state index in [-0.39, 0.29) is 173 Å². The molecule has 113 heavy (non-hydrogen) atoms. The van der Waals surface area contributed by atoms with Gasteiger partial charge in [0.05, 0.1) is 0 Å². The minimum Gasteiger partial charge on any atom is -0.444 e. The Morgan fingerprint density at radius 2 is 0.637 bits per heavy atom. The maximum absolute atomic E-state index is 12.8. The van der Waals surface area contributed by atoms with E-state index in [1.165, 1.54) is 4.90 Å². The minimum atomic E-state index is -4.64. The summed E-state index contributed by atoms with van der Waals surface area (Å²) in [5.41, 5.74) is 24.9. The molecule has 2 fully saturated rings. The molecule has 17 amide bonds. The highest BCUT2D eigenvalue weighted by Gasteiger charge is 2.37. The van der Waals surface area contributed by atoms with Crippen LogP contribution >= 0.6 is 0 Å². The number of ether oxygens (including phenoxy) is 2. The van der Waals surface area contributed by atoms with Crippen molar-refractivity contribution in [2.24, 2.45) is 52.3 Å². The maximum atomic E-state index is 12.8. The first-order valence-corrected chi connectivity index (χ1v) is 36.4. The number of hydrogen-bond acceptors (Lipinski definition) is 25. The maximum Gasteiger partial charge on any atom is 0.446 e. The first kappa shape index (κ1) is 107. The van der Waals surface area contributed by atoms with E-state index in [1.807, 2.05) is 0 Å². The first-order chi connectivity index (χ1) is 52.0. The number of amides is 17. The summed E-state index contributed by atoms with van der Waals surface area (Å²) in [5, 5.41) is 16.2. The lowest BCUT2D eigenvalue weighted by molar-refractivity contribution is -0.201. The molecule has 0 saturated carbocycles. The van der Waals surface area contributed by atoms with Crippen molar-refractivity contribution in [1.29, 1.82) is 0 Å². The van der Waals surface area contributed by atoms with Gasteiger partial charge in [-0.3, -0.25) is 76.7 Å². The molecule has 0 radical (unpaired) electrons. The molecule has 0 aliphatic carbocycles. The molecule has 16 N–H and O–H groups in total. The van der Waals surface area contributed by atoms with Gasteiger partial charge in [-0.05, 0) is 92.9 Å². The predicted molar refractivity (Wildman–Crippen MR) is 395 cm³/mol. The number of rotatable bonds is 46. The van der Waals surface area contributed by atoms with E-state index in [1.54, 1.807) is 69.2 Å². The van der Waals surface area contributed by atoms with Crippen molar-refractivity contribution < 1.29 is 128 Å². The average Bonchev–Trinajstić information content (AvgIpc) is 1.69. The number of alkyl carbamates (subject to hydrolysis) is 2. The van der Waals surface area contributed by atoms with Gasteiger partial charge in [-0.2, -0.15) is 13.2 Å². The Balaban J connectivity index is -0.00000154. The lowest BCUT2D eigenvalue weighted by Crippen LogP contribution is -2.46. The average molecular weight is 1630 g/mol. The quantitative estimate of drug-likeness (QED) is 0.0214. The molecule has 2 aliphatic heterocycles. The van der Waals surface area contributed by atoms with Gasteiger partial charge in [-0.15, -0.1) is 10.1 Å². The highest BCUT2D eigenvalue weighted by atomic mass is 19.4. The number of hydroxylamine groups is 4.